The van der Waals surface area contributed by atoms with E-state index in [0.29, 0.717) is 29.0 Å². The SMILES string of the molecule is CCOC(=O)c1cccc(COC(=O)c2ccc(NC(C)=O)cc2)c1. The van der Waals surface area contributed by atoms with Crippen molar-refractivity contribution in [3.05, 3.63) is 65.2 Å². The van der Waals surface area contributed by atoms with Crippen LogP contribution in [0.15, 0.2) is 48.5 Å². The second kappa shape index (κ2) is 8.63. The number of carbonyl (C=O) groups is 3. The van der Waals surface area contributed by atoms with E-state index < -0.39 is 11.9 Å². The van der Waals surface area contributed by atoms with E-state index in [9.17, 15) is 14.4 Å². The molecule has 0 saturated carbocycles. The maximum atomic E-state index is 12.1. The number of hydrogen-bond acceptors (Lipinski definition) is 5. The molecule has 6 heteroatoms. The second-order valence-corrected chi connectivity index (χ2v) is 5.26. The fourth-order valence-corrected chi connectivity index (χ4v) is 2.13. The summed E-state index contributed by atoms with van der Waals surface area (Å²) in [4.78, 5) is 34.7. The van der Waals surface area contributed by atoms with Crippen LogP contribution >= 0.6 is 0 Å². The van der Waals surface area contributed by atoms with Gasteiger partial charge in [0.15, 0.2) is 0 Å². The van der Waals surface area contributed by atoms with Crippen LogP contribution in [0.3, 0.4) is 0 Å². The van der Waals surface area contributed by atoms with Crippen molar-refractivity contribution in [1.29, 1.82) is 0 Å². The Morgan fingerprint density at radius 1 is 0.920 bits per heavy atom. The summed E-state index contributed by atoms with van der Waals surface area (Å²) in [5, 5.41) is 2.62. The lowest BCUT2D eigenvalue weighted by atomic mass is 10.1. The first-order chi connectivity index (χ1) is 12.0. The molecule has 0 unspecified atom stereocenters. The third kappa shape index (κ3) is 5.46. The Morgan fingerprint density at radius 3 is 2.24 bits per heavy atom. The number of hydrogen-bond donors (Lipinski definition) is 1. The summed E-state index contributed by atoms with van der Waals surface area (Å²) in [6, 6.07) is 13.1. The van der Waals surface area contributed by atoms with Gasteiger partial charge in [0.1, 0.15) is 6.61 Å². The van der Waals surface area contributed by atoms with Crippen LogP contribution < -0.4 is 5.32 Å². The number of amides is 1. The minimum Gasteiger partial charge on any atom is -0.462 e. The van der Waals surface area contributed by atoms with Crippen molar-refractivity contribution in [3.8, 4) is 0 Å². The van der Waals surface area contributed by atoms with Crippen LogP contribution in [0.25, 0.3) is 0 Å². The van der Waals surface area contributed by atoms with Crippen molar-refractivity contribution < 1.29 is 23.9 Å². The van der Waals surface area contributed by atoms with Crippen molar-refractivity contribution >= 4 is 23.5 Å². The van der Waals surface area contributed by atoms with Gasteiger partial charge in [-0.2, -0.15) is 0 Å². The molecule has 0 aromatic heterocycles. The zero-order valence-corrected chi connectivity index (χ0v) is 14.1. The van der Waals surface area contributed by atoms with Crippen LogP contribution in [-0.2, 0) is 20.9 Å². The molecular weight excluding hydrogens is 322 g/mol. The van der Waals surface area contributed by atoms with Crippen LogP contribution in [-0.4, -0.2) is 24.5 Å². The average molecular weight is 341 g/mol. The quantitative estimate of drug-likeness (QED) is 0.816. The number of carbonyl (C=O) groups excluding carboxylic acids is 3. The molecule has 0 fully saturated rings. The number of benzene rings is 2. The van der Waals surface area contributed by atoms with Crippen molar-refractivity contribution in [2.45, 2.75) is 20.5 Å². The molecule has 0 aliphatic rings. The van der Waals surface area contributed by atoms with E-state index in [0.717, 1.165) is 0 Å². The van der Waals surface area contributed by atoms with E-state index in [1.54, 1.807) is 55.5 Å². The van der Waals surface area contributed by atoms with Gasteiger partial charge in [-0.25, -0.2) is 9.59 Å². The molecule has 0 spiro atoms. The lowest BCUT2D eigenvalue weighted by Gasteiger charge is -2.08. The first kappa shape index (κ1) is 18.2. The molecule has 0 aliphatic heterocycles. The van der Waals surface area contributed by atoms with Crippen LogP contribution in [0.2, 0.25) is 0 Å². The van der Waals surface area contributed by atoms with Gasteiger partial charge in [0.05, 0.1) is 17.7 Å². The third-order valence-electron chi connectivity index (χ3n) is 3.25. The van der Waals surface area contributed by atoms with Crippen LogP contribution in [0.1, 0.15) is 40.1 Å². The van der Waals surface area contributed by atoms with E-state index in [2.05, 4.69) is 5.32 Å². The highest BCUT2D eigenvalue weighted by molar-refractivity contribution is 5.92. The van der Waals surface area contributed by atoms with E-state index in [4.69, 9.17) is 9.47 Å². The highest BCUT2D eigenvalue weighted by Crippen LogP contribution is 2.13. The van der Waals surface area contributed by atoms with E-state index >= 15 is 0 Å². The van der Waals surface area contributed by atoms with Gasteiger partial charge in [0.2, 0.25) is 5.91 Å². The molecule has 130 valence electrons. The normalized spacial score (nSPS) is 10.0. The molecule has 0 saturated heterocycles. The highest BCUT2D eigenvalue weighted by Gasteiger charge is 2.10. The minimum atomic E-state index is -0.490. The Bertz CT molecular complexity index is 768. The van der Waals surface area contributed by atoms with Gasteiger partial charge >= 0.3 is 11.9 Å². The Morgan fingerprint density at radius 2 is 1.60 bits per heavy atom. The first-order valence-electron chi connectivity index (χ1n) is 7.80. The monoisotopic (exact) mass is 341 g/mol. The number of anilines is 1. The molecule has 2 aromatic carbocycles. The predicted molar refractivity (Wildman–Crippen MR) is 92.3 cm³/mol. The molecule has 1 amide bonds. The van der Waals surface area contributed by atoms with Crippen LogP contribution in [0.5, 0.6) is 0 Å². The summed E-state index contributed by atoms with van der Waals surface area (Å²) in [6.07, 6.45) is 0. The lowest BCUT2D eigenvalue weighted by Crippen LogP contribution is -2.08. The van der Waals surface area contributed by atoms with E-state index in [1.807, 2.05) is 0 Å². The number of nitrogens with one attached hydrogen (secondary N) is 1. The van der Waals surface area contributed by atoms with Gasteiger partial charge in [-0.1, -0.05) is 12.1 Å². The van der Waals surface area contributed by atoms with Gasteiger partial charge in [0.25, 0.3) is 0 Å². The fourth-order valence-electron chi connectivity index (χ4n) is 2.13. The maximum Gasteiger partial charge on any atom is 0.338 e. The molecule has 0 radical (unpaired) electrons. The maximum absolute atomic E-state index is 12.1. The fraction of sp³-hybridized carbons (Fsp3) is 0.211. The topological polar surface area (TPSA) is 81.7 Å². The summed E-state index contributed by atoms with van der Waals surface area (Å²) in [7, 11) is 0. The molecular formula is C19H19NO5. The van der Waals surface area contributed by atoms with Crippen molar-refractivity contribution in [1.82, 2.24) is 0 Å². The summed E-state index contributed by atoms with van der Waals surface area (Å²) in [5.74, 6) is -1.09. The Balaban J connectivity index is 1.96. The van der Waals surface area contributed by atoms with Gasteiger partial charge in [0, 0.05) is 12.6 Å². The van der Waals surface area contributed by atoms with E-state index in [-0.39, 0.29) is 12.5 Å². The average Bonchev–Trinajstić information content (AvgIpc) is 2.60. The molecule has 25 heavy (non-hydrogen) atoms. The predicted octanol–water partition coefficient (Wildman–Crippen LogP) is 3.18. The van der Waals surface area contributed by atoms with Crippen LogP contribution in [0, 0.1) is 0 Å². The summed E-state index contributed by atoms with van der Waals surface area (Å²) in [6.45, 7) is 3.49. The highest BCUT2D eigenvalue weighted by atomic mass is 16.5. The molecule has 2 aromatic rings. The first-order valence-corrected chi connectivity index (χ1v) is 7.80. The number of rotatable bonds is 6. The molecule has 0 atom stereocenters. The lowest BCUT2D eigenvalue weighted by molar-refractivity contribution is -0.114. The molecule has 0 aliphatic carbocycles. The number of esters is 2. The van der Waals surface area contributed by atoms with E-state index in [1.165, 1.54) is 6.92 Å². The minimum absolute atomic E-state index is 0.0412. The smallest absolute Gasteiger partial charge is 0.338 e. The molecule has 0 heterocycles. The molecule has 6 nitrogen and oxygen atoms in total. The van der Waals surface area contributed by atoms with Gasteiger partial charge in [-0.3, -0.25) is 4.79 Å². The van der Waals surface area contributed by atoms with Crippen molar-refractivity contribution in [2.24, 2.45) is 0 Å². The zero-order chi connectivity index (χ0) is 18.2. The van der Waals surface area contributed by atoms with Gasteiger partial charge in [-0.05, 0) is 48.9 Å². The van der Waals surface area contributed by atoms with Crippen molar-refractivity contribution in [2.75, 3.05) is 11.9 Å². The van der Waals surface area contributed by atoms with Gasteiger partial charge < -0.3 is 14.8 Å². The Hall–Kier alpha value is -3.15. The Kier molecular flexibility index (Phi) is 6.28. The molecule has 0 bridgehead atoms. The molecule has 1 N–H and O–H groups in total. The van der Waals surface area contributed by atoms with Gasteiger partial charge in [-0.15, -0.1) is 0 Å². The second-order valence-electron chi connectivity index (χ2n) is 5.26. The largest absolute Gasteiger partial charge is 0.462 e. The standard InChI is InChI=1S/C19H19NO5/c1-3-24-19(23)16-6-4-5-14(11-16)12-25-18(22)15-7-9-17(10-8-15)20-13(2)21/h4-11H,3,12H2,1-2H3,(H,20,21). The zero-order valence-electron chi connectivity index (χ0n) is 14.1. The van der Waals surface area contributed by atoms with Crippen LogP contribution in [0.4, 0.5) is 5.69 Å². The molecule has 2 rings (SSSR count). The Labute approximate surface area is 145 Å². The summed E-state index contributed by atoms with van der Waals surface area (Å²) >= 11 is 0. The number of ether oxygens (including phenoxy) is 2. The van der Waals surface area contributed by atoms with Crippen molar-refractivity contribution in [3.63, 3.8) is 0 Å². The summed E-state index contributed by atoms with van der Waals surface area (Å²) < 4.78 is 10.2. The third-order valence-corrected chi connectivity index (χ3v) is 3.25. The summed E-state index contributed by atoms with van der Waals surface area (Å²) in [5.41, 5.74) is 2.07.